The Kier molecular flexibility index (Phi) is 3.91. The molecule has 0 N–H and O–H groups in total. The van der Waals surface area contributed by atoms with Crippen LogP contribution >= 0.6 is 0 Å². The van der Waals surface area contributed by atoms with Gasteiger partial charge in [0.2, 0.25) is 0 Å². The lowest BCUT2D eigenvalue weighted by Gasteiger charge is -2.48. The number of carbonyl (C=O) groups excluding carboxylic acids is 1. The number of ether oxygens (including phenoxy) is 1. The minimum atomic E-state index is -0.344. The maximum atomic E-state index is 14.2. The fraction of sp³-hybridized carbons (Fsp3) is 0.500. The third kappa shape index (κ3) is 2.55. The van der Waals surface area contributed by atoms with E-state index in [1.54, 1.807) is 22.7 Å². The molecule has 1 amide bonds. The molecule has 0 aliphatic carbocycles. The Morgan fingerprint density at radius 1 is 1.31 bits per heavy atom. The molecule has 1 aromatic carbocycles. The molecule has 2 aliphatic heterocycles. The lowest BCUT2D eigenvalue weighted by atomic mass is 9.75. The first-order valence-corrected chi connectivity index (χ1v) is 9.05. The maximum Gasteiger partial charge on any atom is 0.272 e. The highest BCUT2D eigenvalue weighted by atomic mass is 19.1. The number of nitrogens with zero attached hydrogens (tertiary/aromatic N) is 3. The Labute approximate surface area is 152 Å². The molecule has 0 radical (unpaired) electrons. The number of hydrogen-bond donors (Lipinski definition) is 0. The summed E-state index contributed by atoms with van der Waals surface area (Å²) in [5.41, 5.74) is 2.81. The van der Waals surface area contributed by atoms with E-state index in [2.05, 4.69) is 5.10 Å². The summed E-state index contributed by atoms with van der Waals surface area (Å²) in [6.45, 7) is 7.00. The summed E-state index contributed by atoms with van der Waals surface area (Å²) in [6, 6.07) is 6.82. The standard InChI is InChI=1S/C20H24FN3O2/c1-12-9-14-17(13(2)26-12)22-23(4)18(14)19(25)24-10-20(3,11-24)15-7-5-6-8-16(15)21/h5-8,12-13H,9-11H2,1-4H3/t12-,13+/m1/s1. The largest absolute Gasteiger partial charge is 0.369 e. The van der Waals surface area contributed by atoms with Crippen LogP contribution < -0.4 is 0 Å². The van der Waals surface area contributed by atoms with E-state index in [-0.39, 0.29) is 29.3 Å². The van der Waals surface area contributed by atoms with Crippen LogP contribution in [0.1, 0.15) is 54.2 Å². The SMILES string of the molecule is C[C@@H]1Cc2c(nn(C)c2C(=O)N2CC(C)(c3ccccc3F)C2)[C@H](C)O1. The summed E-state index contributed by atoms with van der Waals surface area (Å²) in [5.74, 6) is -0.240. The van der Waals surface area contributed by atoms with Crippen molar-refractivity contribution in [2.45, 2.75) is 44.8 Å². The lowest BCUT2D eigenvalue weighted by Crippen LogP contribution is -2.60. The van der Waals surface area contributed by atoms with Gasteiger partial charge in [0.15, 0.2) is 0 Å². The van der Waals surface area contributed by atoms with Crippen molar-refractivity contribution in [3.8, 4) is 0 Å². The van der Waals surface area contributed by atoms with E-state index in [1.165, 1.54) is 6.07 Å². The number of fused-ring (bicyclic) bond motifs is 1. The van der Waals surface area contributed by atoms with Crippen LogP contribution in [0.4, 0.5) is 4.39 Å². The van der Waals surface area contributed by atoms with Crippen LogP contribution in [0.25, 0.3) is 0 Å². The highest BCUT2D eigenvalue weighted by molar-refractivity contribution is 5.95. The van der Waals surface area contributed by atoms with Crippen LogP contribution in [0, 0.1) is 5.82 Å². The zero-order valence-corrected chi connectivity index (χ0v) is 15.6. The Bertz CT molecular complexity index is 870. The van der Waals surface area contributed by atoms with Gasteiger partial charge in [0.1, 0.15) is 11.5 Å². The van der Waals surface area contributed by atoms with Crippen LogP contribution in [-0.2, 0) is 23.6 Å². The van der Waals surface area contributed by atoms with E-state index in [4.69, 9.17) is 4.74 Å². The summed E-state index contributed by atoms with van der Waals surface area (Å²) >= 11 is 0. The maximum absolute atomic E-state index is 14.2. The highest BCUT2D eigenvalue weighted by Crippen LogP contribution is 2.38. The molecule has 0 saturated carbocycles. The second-order valence-electron chi connectivity index (χ2n) is 7.83. The molecule has 0 spiro atoms. The number of carbonyl (C=O) groups is 1. The van der Waals surface area contributed by atoms with Gasteiger partial charge in [0.25, 0.3) is 5.91 Å². The van der Waals surface area contributed by atoms with Crippen molar-refractivity contribution in [3.63, 3.8) is 0 Å². The van der Waals surface area contributed by atoms with E-state index in [9.17, 15) is 9.18 Å². The molecule has 1 fully saturated rings. The highest BCUT2D eigenvalue weighted by Gasteiger charge is 2.45. The second-order valence-corrected chi connectivity index (χ2v) is 7.83. The summed E-state index contributed by atoms with van der Waals surface area (Å²) in [5, 5.41) is 4.52. The molecule has 5 nitrogen and oxygen atoms in total. The second kappa shape index (κ2) is 5.91. The number of rotatable bonds is 2. The van der Waals surface area contributed by atoms with Crippen molar-refractivity contribution in [3.05, 3.63) is 52.6 Å². The van der Waals surface area contributed by atoms with Crippen LogP contribution in [-0.4, -0.2) is 39.8 Å². The van der Waals surface area contributed by atoms with Gasteiger partial charge in [-0.3, -0.25) is 9.48 Å². The molecule has 2 aromatic rings. The first kappa shape index (κ1) is 17.2. The van der Waals surface area contributed by atoms with Crippen molar-refractivity contribution in [1.82, 2.24) is 14.7 Å². The lowest BCUT2D eigenvalue weighted by molar-refractivity contribution is -0.00723. The van der Waals surface area contributed by atoms with Crippen LogP contribution in [0.5, 0.6) is 0 Å². The topological polar surface area (TPSA) is 47.4 Å². The van der Waals surface area contributed by atoms with Gasteiger partial charge < -0.3 is 9.64 Å². The summed E-state index contributed by atoms with van der Waals surface area (Å²) in [6.07, 6.45) is 0.641. The predicted octanol–water partition coefficient (Wildman–Crippen LogP) is 3.00. The van der Waals surface area contributed by atoms with Crippen LogP contribution in [0.3, 0.4) is 0 Å². The number of aromatic nitrogens is 2. The monoisotopic (exact) mass is 357 g/mol. The normalized spacial score (nSPS) is 24.1. The minimum absolute atomic E-state index is 0.0311. The van der Waals surface area contributed by atoms with Gasteiger partial charge in [-0.15, -0.1) is 0 Å². The van der Waals surface area contributed by atoms with Gasteiger partial charge in [-0.05, 0) is 25.5 Å². The molecule has 0 unspecified atom stereocenters. The van der Waals surface area contributed by atoms with E-state index >= 15 is 0 Å². The minimum Gasteiger partial charge on any atom is -0.369 e. The molecule has 1 saturated heterocycles. The summed E-state index contributed by atoms with van der Waals surface area (Å²) in [7, 11) is 1.80. The molecule has 2 aliphatic rings. The Balaban J connectivity index is 1.59. The Morgan fingerprint density at radius 2 is 2.00 bits per heavy atom. The molecule has 26 heavy (non-hydrogen) atoms. The smallest absolute Gasteiger partial charge is 0.272 e. The number of aryl methyl sites for hydroxylation is 1. The molecule has 0 bridgehead atoms. The van der Waals surface area contributed by atoms with Gasteiger partial charge >= 0.3 is 0 Å². The van der Waals surface area contributed by atoms with Gasteiger partial charge in [0.05, 0.1) is 17.9 Å². The van der Waals surface area contributed by atoms with Crippen molar-refractivity contribution in [2.75, 3.05) is 13.1 Å². The third-order valence-corrected chi connectivity index (χ3v) is 5.58. The number of benzene rings is 1. The molecule has 6 heteroatoms. The molecular formula is C20H24FN3O2. The first-order valence-electron chi connectivity index (χ1n) is 9.05. The quantitative estimate of drug-likeness (QED) is 0.830. The number of likely N-dealkylation sites (tertiary alicyclic amines) is 1. The molecule has 3 heterocycles. The van der Waals surface area contributed by atoms with E-state index in [0.29, 0.717) is 30.8 Å². The van der Waals surface area contributed by atoms with Crippen molar-refractivity contribution in [2.24, 2.45) is 7.05 Å². The fourth-order valence-corrected chi connectivity index (χ4v) is 4.34. The molecule has 1 aromatic heterocycles. The molecular weight excluding hydrogens is 333 g/mol. The number of amides is 1. The third-order valence-electron chi connectivity index (χ3n) is 5.58. The van der Waals surface area contributed by atoms with E-state index in [0.717, 1.165) is 11.3 Å². The number of halogens is 1. The fourth-order valence-electron chi connectivity index (χ4n) is 4.34. The van der Waals surface area contributed by atoms with Gasteiger partial charge in [-0.1, -0.05) is 25.1 Å². The van der Waals surface area contributed by atoms with Crippen LogP contribution in [0.2, 0.25) is 0 Å². The van der Waals surface area contributed by atoms with Gasteiger partial charge in [0, 0.05) is 37.5 Å². The van der Waals surface area contributed by atoms with E-state index in [1.807, 2.05) is 32.9 Å². The summed E-state index contributed by atoms with van der Waals surface area (Å²) < 4.78 is 21.6. The zero-order chi connectivity index (χ0) is 18.6. The summed E-state index contributed by atoms with van der Waals surface area (Å²) in [4.78, 5) is 14.9. The van der Waals surface area contributed by atoms with Gasteiger partial charge in [-0.2, -0.15) is 5.10 Å². The molecule has 2 atom stereocenters. The van der Waals surface area contributed by atoms with Crippen molar-refractivity contribution >= 4 is 5.91 Å². The molecule has 138 valence electrons. The van der Waals surface area contributed by atoms with Gasteiger partial charge in [-0.25, -0.2) is 4.39 Å². The van der Waals surface area contributed by atoms with Crippen molar-refractivity contribution in [1.29, 1.82) is 0 Å². The first-order chi connectivity index (χ1) is 12.3. The molecule has 4 rings (SSSR count). The van der Waals surface area contributed by atoms with Crippen molar-refractivity contribution < 1.29 is 13.9 Å². The van der Waals surface area contributed by atoms with E-state index < -0.39 is 0 Å². The Hall–Kier alpha value is -2.21. The average Bonchev–Trinajstić information content (AvgIpc) is 2.88. The van der Waals surface area contributed by atoms with Crippen LogP contribution in [0.15, 0.2) is 24.3 Å². The zero-order valence-electron chi connectivity index (χ0n) is 15.6. The predicted molar refractivity (Wildman–Crippen MR) is 95.5 cm³/mol. The average molecular weight is 357 g/mol. The Morgan fingerprint density at radius 3 is 2.69 bits per heavy atom. The number of hydrogen-bond acceptors (Lipinski definition) is 3.